The minimum Gasteiger partial charge on any atom is -0.399 e. The summed E-state index contributed by atoms with van der Waals surface area (Å²) in [5.74, 6) is 0. The predicted molar refractivity (Wildman–Crippen MR) is 269 cm³/mol. The average molecular weight is 811 g/mol. The highest BCUT2D eigenvalue weighted by molar-refractivity contribution is 7.00. The van der Waals surface area contributed by atoms with E-state index < -0.39 is 0 Å². The van der Waals surface area contributed by atoms with Crippen LogP contribution in [0.4, 0.5) is 56.9 Å². The molecule has 0 saturated carbocycles. The Morgan fingerprint density at radius 2 is 0.889 bits per heavy atom. The molecule has 2 N–H and O–H groups in total. The number of benzene rings is 9. The fraction of sp³-hybridized carbons (Fsp3) is 0.0690. The van der Waals surface area contributed by atoms with Crippen molar-refractivity contribution in [3.05, 3.63) is 224 Å². The SMILES string of the molecule is CC(C)(C)c1ccc2c(c1)B1c3ccc(N(c4ccc(-c5ccccc5)cc4)c4ccc(-c5ccccc5)cc4)cc3N(c3ccccc3)c3cccc(c31)N2c1ccc(N)cc1. The number of nitrogen functional groups attached to an aromatic ring is 1. The Kier molecular flexibility index (Phi) is 9.28. The van der Waals surface area contributed by atoms with Gasteiger partial charge in [-0.3, -0.25) is 0 Å². The minimum absolute atomic E-state index is 0.00805. The van der Waals surface area contributed by atoms with Crippen molar-refractivity contribution >= 4 is 80.0 Å². The fourth-order valence-corrected chi connectivity index (χ4v) is 9.60. The van der Waals surface area contributed by atoms with Gasteiger partial charge in [0.15, 0.2) is 0 Å². The number of anilines is 10. The van der Waals surface area contributed by atoms with Gasteiger partial charge in [-0.05, 0) is 141 Å². The van der Waals surface area contributed by atoms with Crippen molar-refractivity contribution in [2.45, 2.75) is 26.2 Å². The van der Waals surface area contributed by atoms with Crippen LogP contribution in [0.1, 0.15) is 26.3 Å². The topological polar surface area (TPSA) is 35.7 Å². The van der Waals surface area contributed by atoms with Crippen LogP contribution in [0.15, 0.2) is 218 Å². The summed E-state index contributed by atoms with van der Waals surface area (Å²) < 4.78 is 0. The standard InChI is InChI=1S/C58H47BN4/c1-58(2,3)44-26-37-53-52(38-44)59-51-36-35-50(39-56(51)63(46-18-11-6-12-19-46)55-21-13-20-54(57(55)59)62(53)49-33-27-45(60)28-34-49)61(47-29-22-42(23-30-47)40-14-7-4-8-15-40)48-31-24-43(25-32-48)41-16-9-5-10-17-41/h4-39H,60H2,1-3H3. The van der Waals surface area contributed by atoms with E-state index in [1.807, 2.05) is 12.1 Å². The second-order valence-corrected chi connectivity index (χ2v) is 17.7. The van der Waals surface area contributed by atoms with E-state index in [0.29, 0.717) is 0 Å². The molecular formula is C58H47BN4. The van der Waals surface area contributed by atoms with Gasteiger partial charge in [-0.1, -0.05) is 148 Å². The van der Waals surface area contributed by atoms with Crippen LogP contribution < -0.4 is 36.8 Å². The average Bonchev–Trinajstić information content (AvgIpc) is 3.33. The van der Waals surface area contributed by atoms with Gasteiger partial charge >= 0.3 is 0 Å². The number of rotatable bonds is 7. The van der Waals surface area contributed by atoms with Crippen LogP contribution in [0, 0.1) is 0 Å². The highest BCUT2D eigenvalue weighted by Gasteiger charge is 2.43. The van der Waals surface area contributed by atoms with Gasteiger partial charge in [0, 0.05) is 56.9 Å². The number of para-hydroxylation sites is 1. The van der Waals surface area contributed by atoms with E-state index in [1.54, 1.807) is 0 Å². The summed E-state index contributed by atoms with van der Waals surface area (Å²) in [6, 6.07) is 79.3. The Balaban J connectivity index is 1.13. The van der Waals surface area contributed by atoms with Crippen molar-refractivity contribution in [3.63, 3.8) is 0 Å². The number of nitrogens with two attached hydrogens (primary N) is 1. The maximum absolute atomic E-state index is 6.27. The maximum atomic E-state index is 6.27. The molecular weight excluding hydrogens is 763 g/mol. The molecule has 0 fully saturated rings. The zero-order valence-corrected chi connectivity index (χ0v) is 35.8. The van der Waals surface area contributed by atoms with Gasteiger partial charge in [0.1, 0.15) is 0 Å². The monoisotopic (exact) mass is 810 g/mol. The Hall–Kier alpha value is -7.76. The third-order valence-electron chi connectivity index (χ3n) is 12.7. The van der Waals surface area contributed by atoms with Crippen molar-refractivity contribution in [1.82, 2.24) is 0 Å². The van der Waals surface area contributed by atoms with Gasteiger partial charge in [-0.15, -0.1) is 0 Å². The van der Waals surface area contributed by atoms with Gasteiger partial charge in [0.05, 0.1) is 0 Å². The summed E-state index contributed by atoms with van der Waals surface area (Å²) in [4.78, 5) is 7.30. The van der Waals surface area contributed by atoms with Gasteiger partial charge in [0.2, 0.25) is 0 Å². The van der Waals surface area contributed by atoms with Crippen molar-refractivity contribution in [2.75, 3.05) is 20.4 Å². The third kappa shape index (κ3) is 6.74. The van der Waals surface area contributed by atoms with E-state index in [-0.39, 0.29) is 12.1 Å². The van der Waals surface area contributed by atoms with Gasteiger partial charge in [-0.25, -0.2) is 0 Å². The predicted octanol–water partition coefficient (Wildman–Crippen LogP) is 13.5. The molecule has 0 spiro atoms. The third-order valence-corrected chi connectivity index (χ3v) is 12.7. The van der Waals surface area contributed by atoms with Crippen LogP contribution in [-0.4, -0.2) is 6.71 Å². The van der Waals surface area contributed by atoms with E-state index in [2.05, 4.69) is 242 Å². The first kappa shape index (κ1) is 38.2. The molecule has 2 aliphatic rings. The first-order valence-corrected chi connectivity index (χ1v) is 21.8. The second-order valence-electron chi connectivity index (χ2n) is 17.7. The molecule has 0 atom stereocenters. The van der Waals surface area contributed by atoms with E-state index >= 15 is 0 Å². The molecule has 0 bridgehead atoms. The first-order valence-electron chi connectivity index (χ1n) is 21.8. The van der Waals surface area contributed by atoms with Gasteiger partial charge in [-0.2, -0.15) is 0 Å². The minimum atomic E-state index is -0.0368. The molecule has 302 valence electrons. The molecule has 4 nitrogen and oxygen atoms in total. The van der Waals surface area contributed by atoms with Crippen LogP contribution in [-0.2, 0) is 5.41 Å². The molecule has 0 amide bonds. The molecule has 11 rings (SSSR count). The highest BCUT2D eigenvalue weighted by atomic mass is 15.2. The molecule has 0 radical (unpaired) electrons. The van der Waals surface area contributed by atoms with E-state index in [9.17, 15) is 0 Å². The van der Waals surface area contributed by atoms with Gasteiger partial charge in [0.25, 0.3) is 6.71 Å². The lowest BCUT2D eigenvalue weighted by Crippen LogP contribution is -2.61. The summed E-state index contributed by atoms with van der Waals surface area (Å²) in [7, 11) is 0. The fourth-order valence-electron chi connectivity index (χ4n) is 9.60. The number of fused-ring (bicyclic) bond motifs is 4. The first-order chi connectivity index (χ1) is 30.8. The molecule has 0 aromatic heterocycles. The van der Waals surface area contributed by atoms with Gasteiger partial charge < -0.3 is 20.4 Å². The quantitative estimate of drug-likeness (QED) is 0.128. The maximum Gasteiger partial charge on any atom is 0.252 e. The van der Waals surface area contributed by atoms with Crippen LogP contribution >= 0.6 is 0 Å². The normalized spacial score (nSPS) is 12.7. The second kappa shape index (κ2) is 15.3. The van der Waals surface area contributed by atoms with Crippen LogP contribution in [0.2, 0.25) is 0 Å². The van der Waals surface area contributed by atoms with Crippen molar-refractivity contribution in [2.24, 2.45) is 0 Å². The smallest absolute Gasteiger partial charge is 0.252 e. The van der Waals surface area contributed by atoms with E-state index in [4.69, 9.17) is 5.73 Å². The van der Waals surface area contributed by atoms with Crippen LogP contribution in [0.25, 0.3) is 22.3 Å². The summed E-state index contributed by atoms with van der Waals surface area (Å²) in [6.07, 6.45) is 0. The zero-order valence-electron chi connectivity index (χ0n) is 35.8. The molecule has 9 aromatic rings. The lowest BCUT2D eigenvalue weighted by molar-refractivity contribution is 0.591. The molecule has 9 aromatic carbocycles. The highest BCUT2D eigenvalue weighted by Crippen LogP contribution is 2.46. The lowest BCUT2D eigenvalue weighted by atomic mass is 9.33. The molecule has 63 heavy (non-hydrogen) atoms. The molecule has 2 heterocycles. The summed E-state index contributed by atoms with van der Waals surface area (Å²) in [5.41, 5.74) is 27.1. The molecule has 2 aliphatic heterocycles. The Labute approximate surface area is 371 Å². The Morgan fingerprint density at radius 1 is 0.397 bits per heavy atom. The Bertz CT molecular complexity index is 3010. The van der Waals surface area contributed by atoms with Crippen LogP contribution in [0.5, 0.6) is 0 Å². The van der Waals surface area contributed by atoms with Crippen molar-refractivity contribution < 1.29 is 0 Å². The zero-order chi connectivity index (χ0) is 42.7. The van der Waals surface area contributed by atoms with Crippen molar-refractivity contribution in [1.29, 1.82) is 0 Å². The summed E-state index contributed by atoms with van der Waals surface area (Å²) in [6.45, 7) is 6.91. The summed E-state index contributed by atoms with van der Waals surface area (Å²) >= 11 is 0. The molecule has 0 unspecified atom stereocenters. The molecule has 0 saturated heterocycles. The lowest BCUT2D eigenvalue weighted by Gasteiger charge is -2.44. The van der Waals surface area contributed by atoms with Crippen LogP contribution in [0.3, 0.4) is 0 Å². The van der Waals surface area contributed by atoms with Crippen molar-refractivity contribution in [3.8, 4) is 22.3 Å². The molecule has 5 heteroatoms. The molecule has 0 aliphatic carbocycles. The van der Waals surface area contributed by atoms with E-state index in [1.165, 1.54) is 61.3 Å². The summed E-state index contributed by atoms with van der Waals surface area (Å²) in [5, 5.41) is 0. The number of nitrogens with zero attached hydrogens (tertiary/aromatic N) is 3. The Morgan fingerprint density at radius 3 is 1.44 bits per heavy atom. The number of hydrogen-bond donors (Lipinski definition) is 1. The number of hydrogen-bond acceptors (Lipinski definition) is 4. The largest absolute Gasteiger partial charge is 0.399 e. The van der Waals surface area contributed by atoms with E-state index in [0.717, 1.165) is 39.8 Å².